The fourth-order valence-corrected chi connectivity index (χ4v) is 4.72. The lowest BCUT2D eigenvalue weighted by atomic mass is 10.1. The molecule has 1 aliphatic rings. The molecule has 2 aromatic heterocycles. The molecule has 5 rings (SSSR count). The number of nitrogens with one attached hydrogen (secondary N) is 1. The summed E-state index contributed by atoms with van der Waals surface area (Å²) < 4.78 is 13.2. The zero-order valence-electron chi connectivity index (χ0n) is 17.9. The van der Waals surface area contributed by atoms with E-state index in [1.807, 2.05) is 49.4 Å². The molecule has 8 heteroatoms. The summed E-state index contributed by atoms with van der Waals surface area (Å²) >= 11 is 1.60. The van der Waals surface area contributed by atoms with Crippen molar-refractivity contribution in [1.82, 2.24) is 15.0 Å². The van der Waals surface area contributed by atoms with E-state index in [-0.39, 0.29) is 6.10 Å². The van der Waals surface area contributed by atoms with Gasteiger partial charge in [0.2, 0.25) is 0 Å². The number of aromatic nitrogens is 3. The SMILES string of the molecule is CCOc1ccccc1OC1CCCN(c2cncc(Nc3nc4ccccc4s3)n2)C1. The van der Waals surface area contributed by atoms with E-state index < -0.39 is 0 Å². The Morgan fingerprint density at radius 3 is 2.78 bits per heavy atom. The highest BCUT2D eigenvalue weighted by Crippen LogP contribution is 2.31. The summed E-state index contributed by atoms with van der Waals surface area (Å²) in [6.45, 7) is 4.26. The van der Waals surface area contributed by atoms with Gasteiger partial charge in [-0.1, -0.05) is 35.6 Å². The molecule has 32 heavy (non-hydrogen) atoms. The van der Waals surface area contributed by atoms with Crippen LogP contribution in [0.2, 0.25) is 0 Å². The van der Waals surface area contributed by atoms with Gasteiger partial charge in [0.1, 0.15) is 11.9 Å². The highest BCUT2D eigenvalue weighted by Gasteiger charge is 2.24. The first kappa shape index (κ1) is 20.5. The average Bonchev–Trinajstić information content (AvgIpc) is 3.23. The van der Waals surface area contributed by atoms with Gasteiger partial charge in [0.25, 0.3) is 0 Å². The van der Waals surface area contributed by atoms with Crippen molar-refractivity contribution < 1.29 is 9.47 Å². The van der Waals surface area contributed by atoms with Crippen LogP contribution >= 0.6 is 11.3 Å². The van der Waals surface area contributed by atoms with Crippen molar-refractivity contribution in [3.63, 3.8) is 0 Å². The Labute approximate surface area is 191 Å². The standard InChI is InChI=1S/C24H25N5O2S/c1-2-30-19-10-4-5-11-20(19)31-17-8-7-13-29(16-17)23-15-25-14-22(27-23)28-24-26-18-9-3-6-12-21(18)32-24/h3-6,9-12,14-15,17H,2,7-8,13,16H2,1H3,(H,26,27,28). The number of rotatable bonds is 7. The molecule has 0 radical (unpaired) electrons. The zero-order valence-corrected chi connectivity index (χ0v) is 18.7. The van der Waals surface area contributed by atoms with Crippen LogP contribution in [0.1, 0.15) is 19.8 Å². The lowest BCUT2D eigenvalue weighted by Gasteiger charge is -2.33. The van der Waals surface area contributed by atoms with Crippen molar-refractivity contribution in [2.75, 3.05) is 29.9 Å². The van der Waals surface area contributed by atoms with E-state index in [1.54, 1.807) is 23.7 Å². The number of para-hydroxylation sites is 3. The molecule has 1 atom stereocenters. The summed E-state index contributed by atoms with van der Waals surface area (Å²) in [5.74, 6) is 3.10. The minimum absolute atomic E-state index is 0.0630. The summed E-state index contributed by atoms with van der Waals surface area (Å²) in [6, 6.07) is 15.9. The van der Waals surface area contributed by atoms with Gasteiger partial charge in [0, 0.05) is 6.54 Å². The molecule has 0 saturated carbocycles. The number of thiazole rings is 1. The maximum absolute atomic E-state index is 6.31. The largest absolute Gasteiger partial charge is 0.490 e. The van der Waals surface area contributed by atoms with Crippen LogP contribution in [0.15, 0.2) is 60.9 Å². The molecular formula is C24H25N5O2S. The first-order chi connectivity index (χ1) is 15.8. The average molecular weight is 448 g/mol. The Morgan fingerprint density at radius 2 is 1.91 bits per heavy atom. The van der Waals surface area contributed by atoms with Crippen molar-refractivity contribution in [1.29, 1.82) is 0 Å². The molecule has 0 spiro atoms. The van der Waals surface area contributed by atoms with E-state index in [2.05, 4.69) is 26.3 Å². The smallest absolute Gasteiger partial charge is 0.189 e. The van der Waals surface area contributed by atoms with Crippen LogP contribution in [0.3, 0.4) is 0 Å². The zero-order chi connectivity index (χ0) is 21.8. The minimum atomic E-state index is 0.0630. The predicted molar refractivity (Wildman–Crippen MR) is 128 cm³/mol. The lowest BCUT2D eigenvalue weighted by molar-refractivity contribution is 0.170. The molecule has 164 valence electrons. The molecule has 7 nitrogen and oxygen atoms in total. The Kier molecular flexibility index (Phi) is 6.02. The van der Waals surface area contributed by atoms with Gasteiger partial charge in [-0.15, -0.1) is 0 Å². The molecule has 1 N–H and O–H groups in total. The number of benzene rings is 2. The van der Waals surface area contributed by atoms with E-state index in [0.717, 1.165) is 58.6 Å². The Bertz CT molecular complexity index is 1160. The van der Waals surface area contributed by atoms with Gasteiger partial charge >= 0.3 is 0 Å². The maximum Gasteiger partial charge on any atom is 0.189 e. The fourth-order valence-electron chi connectivity index (χ4n) is 3.85. The van der Waals surface area contributed by atoms with E-state index in [4.69, 9.17) is 14.5 Å². The molecule has 1 fully saturated rings. The van der Waals surface area contributed by atoms with Crippen LogP contribution < -0.4 is 19.7 Å². The molecule has 4 aromatic rings. The highest BCUT2D eigenvalue weighted by molar-refractivity contribution is 7.22. The lowest BCUT2D eigenvalue weighted by Crippen LogP contribution is -2.41. The molecule has 0 bridgehead atoms. The maximum atomic E-state index is 6.31. The second kappa shape index (κ2) is 9.40. The number of anilines is 3. The second-order valence-electron chi connectivity index (χ2n) is 7.58. The number of piperidine rings is 1. The minimum Gasteiger partial charge on any atom is -0.490 e. The number of ether oxygens (including phenoxy) is 2. The van der Waals surface area contributed by atoms with Crippen molar-refractivity contribution in [3.8, 4) is 11.5 Å². The number of hydrogen-bond donors (Lipinski definition) is 1. The first-order valence-corrected chi connectivity index (χ1v) is 11.7. The molecule has 3 heterocycles. The topological polar surface area (TPSA) is 72.4 Å². The normalized spacial score (nSPS) is 16.2. The van der Waals surface area contributed by atoms with E-state index in [1.165, 1.54) is 0 Å². The molecule has 1 saturated heterocycles. The summed E-state index contributed by atoms with van der Waals surface area (Å²) in [5.41, 5.74) is 0.979. The number of nitrogens with zero attached hydrogens (tertiary/aromatic N) is 4. The number of fused-ring (bicyclic) bond motifs is 1. The first-order valence-electron chi connectivity index (χ1n) is 10.9. The van der Waals surface area contributed by atoms with Gasteiger partial charge < -0.3 is 19.7 Å². The quantitative estimate of drug-likeness (QED) is 0.413. The van der Waals surface area contributed by atoms with Gasteiger partial charge in [-0.05, 0) is 44.0 Å². The van der Waals surface area contributed by atoms with E-state index >= 15 is 0 Å². The van der Waals surface area contributed by atoms with E-state index in [9.17, 15) is 0 Å². The van der Waals surface area contributed by atoms with Crippen LogP contribution in [-0.2, 0) is 0 Å². The van der Waals surface area contributed by atoms with Crippen LogP contribution in [0.5, 0.6) is 11.5 Å². The number of hydrogen-bond acceptors (Lipinski definition) is 8. The Morgan fingerprint density at radius 1 is 1.06 bits per heavy atom. The fraction of sp³-hybridized carbons (Fsp3) is 0.292. The van der Waals surface area contributed by atoms with E-state index in [0.29, 0.717) is 12.4 Å². The third-order valence-corrected chi connectivity index (χ3v) is 6.25. The predicted octanol–water partition coefficient (Wildman–Crippen LogP) is 5.28. The highest BCUT2D eigenvalue weighted by atomic mass is 32.1. The molecule has 0 amide bonds. The molecule has 2 aromatic carbocycles. The second-order valence-corrected chi connectivity index (χ2v) is 8.61. The third-order valence-electron chi connectivity index (χ3n) is 5.30. The Hall–Kier alpha value is -3.39. The summed E-state index contributed by atoms with van der Waals surface area (Å²) in [7, 11) is 0. The molecule has 0 aliphatic carbocycles. The van der Waals surface area contributed by atoms with Crippen LogP contribution in [0.4, 0.5) is 16.8 Å². The van der Waals surface area contributed by atoms with Crippen molar-refractivity contribution in [2.45, 2.75) is 25.9 Å². The Balaban J connectivity index is 1.28. The van der Waals surface area contributed by atoms with Crippen molar-refractivity contribution in [3.05, 3.63) is 60.9 Å². The van der Waals surface area contributed by atoms with Gasteiger partial charge in [0.05, 0.1) is 35.8 Å². The summed E-state index contributed by atoms with van der Waals surface area (Å²) in [6.07, 6.45) is 5.62. The monoisotopic (exact) mass is 447 g/mol. The van der Waals surface area contributed by atoms with Gasteiger partial charge in [-0.25, -0.2) is 9.97 Å². The van der Waals surface area contributed by atoms with Crippen LogP contribution in [-0.4, -0.2) is 40.8 Å². The van der Waals surface area contributed by atoms with Crippen molar-refractivity contribution >= 4 is 38.3 Å². The third kappa shape index (κ3) is 4.60. The van der Waals surface area contributed by atoms with Crippen molar-refractivity contribution in [2.24, 2.45) is 0 Å². The summed E-state index contributed by atoms with van der Waals surface area (Å²) in [4.78, 5) is 16.1. The molecule has 1 unspecified atom stereocenters. The molecular weight excluding hydrogens is 422 g/mol. The van der Waals surface area contributed by atoms with Crippen LogP contribution in [0, 0.1) is 0 Å². The summed E-state index contributed by atoms with van der Waals surface area (Å²) in [5, 5.41) is 4.11. The van der Waals surface area contributed by atoms with Gasteiger partial charge in [-0.2, -0.15) is 0 Å². The van der Waals surface area contributed by atoms with Gasteiger partial charge in [-0.3, -0.25) is 4.98 Å². The van der Waals surface area contributed by atoms with Crippen LogP contribution in [0.25, 0.3) is 10.2 Å². The van der Waals surface area contributed by atoms with Gasteiger partial charge in [0.15, 0.2) is 22.4 Å². The molecule has 1 aliphatic heterocycles.